The van der Waals surface area contributed by atoms with Crippen molar-refractivity contribution < 1.29 is 14.3 Å². The molecule has 0 fully saturated rings. The molecule has 0 aliphatic heterocycles. The summed E-state index contributed by atoms with van der Waals surface area (Å²) < 4.78 is 10.6. The zero-order chi connectivity index (χ0) is 23.8. The molecule has 3 aromatic rings. The van der Waals surface area contributed by atoms with Crippen molar-refractivity contribution in [1.82, 2.24) is 9.97 Å². The summed E-state index contributed by atoms with van der Waals surface area (Å²) in [6.45, 7) is 7.89. The second-order valence-electron chi connectivity index (χ2n) is 7.19. The number of amides is 2. The number of methoxy groups -OCH3 is 2. The zero-order valence-electron chi connectivity index (χ0n) is 19.6. The minimum atomic E-state index is -0.395. The lowest BCUT2D eigenvalue weighted by molar-refractivity contribution is 0.262. The van der Waals surface area contributed by atoms with Crippen molar-refractivity contribution in [1.29, 1.82) is 0 Å². The van der Waals surface area contributed by atoms with E-state index in [1.807, 2.05) is 25.1 Å². The van der Waals surface area contributed by atoms with E-state index in [0.29, 0.717) is 28.8 Å². The molecule has 33 heavy (non-hydrogen) atoms. The van der Waals surface area contributed by atoms with Gasteiger partial charge in [0.05, 0.1) is 19.9 Å². The van der Waals surface area contributed by atoms with E-state index in [-0.39, 0.29) is 0 Å². The molecule has 0 atom stereocenters. The Bertz CT molecular complexity index is 1080. The zero-order valence-corrected chi connectivity index (χ0v) is 19.6. The first-order chi connectivity index (χ1) is 16.0. The number of hydrogen-bond acceptors (Lipinski definition) is 7. The third kappa shape index (κ3) is 6.03. The van der Waals surface area contributed by atoms with Crippen molar-refractivity contribution in [3.63, 3.8) is 0 Å². The predicted molar refractivity (Wildman–Crippen MR) is 132 cm³/mol. The minimum Gasteiger partial charge on any atom is -0.493 e. The van der Waals surface area contributed by atoms with Gasteiger partial charge in [-0.15, -0.1) is 0 Å². The molecule has 0 bridgehead atoms. The maximum absolute atomic E-state index is 12.5. The van der Waals surface area contributed by atoms with Gasteiger partial charge in [-0.3, -0.25) is 0 Å². The molecule has 0 spiro atoms. The van der Waals surface area contributed by atoms with E-state index in [0.717, 1.165) is 30.3 Å². The first-order valence-corrected chi connectivity index (χ1v) is 10.7. The minimum absolute atomic E-state index is 0.395. The van der Waals surface area contributed by atoms with Crippen molar-refractivity contribution in [2.75, 3.05) is 48.2 Å². The summed E-state index contributed by atoms with van der Waals surface area (Å²) in [6.07, 6.45) is 0. The van der Waals surface area contributed by atoms with Crippen LogP contribution in [0.5, 0.6) is 11.5 Å². The number of aryl methyl sites for hydroxylation is 1. The van der Waals surface area contributed by atoms with Gasteiger partial charge in [0, 0.05) is 36.2 Å². The van der Waals surface area contributed by atoms with Gasteiger partial charge in [0.2, 0.25) is 5.95 Å². The number of carbonyl (C=O) groups is 1. The highest BCUT2D eigenvalue weighted by Gasteiger charge is 2.12. The van der Waals surface area contributed by atoms with Crippen LogP contribution in [0.3, 0.4) is 0 Å². The largest absolute Gasteiger partial charge is 0.493 e. The average Bonchev–Trinajstić information content (AvgIpc) is 2.80. The lowest BCUT2D eigenvalue weighted by atomic mass is 10.2. The second kappa shape index (κ2) is 11.0. The van der Waals surface area contributed by atoms with Gasteiger partial charge < -0.3 is 30.3 Å². The van der Waals surface area contributed by atoms with Gasteiger partial charge in [0.25, 0.3) is 0 Å². The molecule has 3 N–H and O–H groups in total. The fraction of sp³-hybridized carbons (Fsp3) is 0.292. The number of hydrogen-bond donors (Lipinski definition) is 3. The van der Waals surface area contributed by atoms with Gasteiger partial charge in [-0.2, -0.15) is 4.98 Å². The first-order valence-electron chi connectivity index (χ1n) is 10.7. The standard InChI is InChI=1S/C24H30N6O3/c1-6-30(7-2)21-15-16(3)25-23(29-21)26-17-11-13-18(14-12-17)27-24(31)28-19-9-8-10-20(32-4)22(19)33-5/h8-15H,6-7H2,1-5H3,(H,25,26,29)(H2,27,28,31). The number of ether oxygens (including phenoxy) is 2. The van der Waals surface area contributed by atoms with Crippen LogP contribution in [-0.4, -0.2) is 43.3 Å². The van der Waals surface area contributed by atoms with Gasteiger partial charge in [-0.25, -0.2) is 9.78 Å². The fourth-order valence-electron chi connectivity index (χ4n) is 3.35. The third-order valence-electron chi connectivity index (χ3n) is 4.98. The highest BCUT2D eigenvalue weighted by atomic mass is 16.5. The Balaban J connectivity index is 1.66. The summed E-state index contributed by atoms with van der Waals surface area (Å²) in [6, 6.07) is 14.1. The van der Waals surface area contributed by atoms with Crippen molar-refractivity contribution in [2.45, 2.75) is 20.8 Å². The summed E-state index contributed by atoms with van der Waals surface area (Å²) in [4.78, 5) is 23.7. The fourth-order valence-corrected chi connectivity index (χ4v) is 3.35. The number of aromatic nitrogens is 2. The van der Waals surface area contributed by atoms with Crippen LogP contribution in [-0.2, 0) is 0 Å². The summed E-state index contributed by atoms with van der Waals surface area (Å²) >= 11 is 0. The molecule has 2 amide bonds. The number of urea groups is 1. The normalized spacial score (nSPS) is 10.3. The van der Waals surface area contributed by atoms with Crippen LogP contribution in [0, 0.1) is 6.92 Å². The highest BCUT2D eigenvalue weighted by Crippen LogP contribution is 2.34. The Morgan fingerprint density at radius 3 is 2.27 bits per heavy atom. The maximum atomic E-state index is 12.5. The van der Waals surface area contributed by atoms with Crippen molar-refractivity contribution in [3.8, 4) is 11.5 Å². The topological polar surface area (TPSA) is 101 Å². The summed E-state index contributed by atoms with van der Waals surface area (Å²) in [7, 11) is 3.07. The average molecular weight is 451 g/mol. The SMILES string of the molecule is CCN(CC)c1cc(C)nc(Nc2ccc(NC(=O)Nc3cccc(OC)c3OC)cc2)n1. The molecule has 174 valence electrons. The molecule has 2 aromatic carbocycles. The van der Waals surface area contributed by atoms with Gasteiger partial charge in [0.1, 0.15) is 5.82 Å². The Labute approximate surface area is 194 Å². The number of anilines is 5. The Morgan fingerprint density at radius 1 is 0.939 bits per heavy atom. The van der Waals surface area contributed by atoms with Gasteiger partial charge >= 0.3 is 6.03 Å². The molecule has 9 nitrogen and oxygen atoms in total. The van der Waals surface area contributed by atoms with E-state index in [1.54, 1.807) is 37.4 Å². The molecule has 9 heteroatoms. The molecular weight excluding hydrogens is 420 g/mol. The molecule has 0 aliphatic carbocycles. The van der Waals surface area contributed by atoms with Crippen LogP contribution < -0.4 is 30.3 Å². The lowest BCUT2D eigenvalue weighted by Crippen LogP contribution is -2.23. The summed E-state index contributed by atoms with van der Waals surface area (Å²) in [5.41, 5.74) is 2.84. The molecule has 0 saturated heterocycles. The van der Waals surface area contributed by atoms with Crippen molar-refractivity contribution in [2.24, 2.45) is 0 Å². The van der Waals surface area contributed by atoms with Crippen LogP contribution in [0.25, 0.3) is 0 Å². The molecule has 0 saturated carbocycles. The monoisotopic (exact) mass is 450 g/mol. The number of carbonyl (C=O) groups excluding carboxylic acids is 1. The van der Waals surface area contributed by atoms with Crippen LogP contribution in [0.2, 0.25) is 0 Å². The summed E-state index contributed by atoms with van der Waals surface area (Å²) in [5, 5.41) is 8.81. The van der Waals surface area contributed by atoms with Crippen LogP contribution in [0.1, 0.15) is 19.5 Å². The molecule has 0 unspecified atom stereocenters. The van der Waals surface area contributed by atoms with Gasteiger partial charge in [0.15, 0.2) is 11.5 Å². The Hall–Kier alpha value is -4.01. The Kier molecular flexibility index (Phi) is 7.91. The number of benzene rings is 2. The van der Waals surface area contributed by atoms with Crippen LogP contribution in [0.15, 0.2) is 48.5 Å². The molecule has 0 aliphatic rings. The Morgan fingerprint density at radius 2 is 1.64 bits per heavy atom. The van der Waals surface area contributed by atoms with Crippen LogP contribution >= 0.6 is 0 Å². The van der Waals surface area contributed by atoms with Crippen molar-refractivity contribution >= 4 is 34.9 Å². The second-order valence-corrected chi connectivity index (χ2v) is 7.19. The predicted octanol–water partition coefficient (Wildman–Crippen LogP) is 5.04. The van der Waals surface area contributed by atoms with Crippen LogP contribution in [0.4, 0.5) is 33.6 Å². The smallest absolute Gasteiger partial charge is 0.323 e. The third-order valence-corrected chi connectivity index (χ3v) is 4.98. The van der Waals surface area contributed by atoms with E-state index in [4.69, 9.17) is 9.47 Å². The summed E-state index contributed by atoms with van der Waals surface area (Å²) in [5.74, 6) is 2.41. The molecule has 1 aromatic heterocycles. The quantitative estimate of drug-likeness (QED) is 0.420. The van der Waals surface area contributed by atoms with E-state index < -0.39 is 6.03 Å². The molecule has 0 radical (unpaired) electrons. The highest BCUT2D eigenvalue weighted by molar-refractivity contribution is 6.01. The number of nitrogens with zero attached hydrogens (tertiary/aromatic N) is 3. The maximum Gasteiger partial charge on any atom is 0.323 e. The van der Waals surface area contributed by atoms with E-state index in [2.05, 4.69) is 44.7 Å². The van der Waals surface area contributed by atoms with E-state index >= 15 is 0 Å². The lowest BCUT2D eigenvalue weighted by Gasteiger charge is -2.20. The van der Waals surface area contributed by atoms with Gasteiger partial charge in [-0.1, -0.05) is 6.07 Å². The molecule has 3 rings (SSSR count). The molecule has 1 heterocycles. The number of para-hydroxylation sites is 1. The molecular formula is C24H30N6O3. The first kappa shape index (κ1) is 23.6. The van der Waals surface area contributed by atoms with E-state index in [9.17, 15) is 4.79 Å². The number of rotatable bonds is 9. The number of nitrogens with one attached hydrogen (secondary N) is 3. The van der Waals surface area contributed by atoms with Crippen molar-refractivity contribution in [3.05, 3.63) is 54.2 Å². The van der Waals surface area contributed by atoms with E-state index in [1.165, 1.54) is 7.11 Å². The van der Waals surface area contributed by atoms with Gasteiger partial charge in [-0.05, 0) is 57.2 Å².